The van der Waals surface area contributed by atoms with Crippen molar-refractivity contribution in [2.24, 2.45) is 0 Å². The number of carbonyl (C=O) groups is 1. The van der Waals surface area contributed by atoms with Crippen LogP contribution < -0.4 is 19.1 Å². The average Bonchev–Trinajstić information content (AvgIpc) is 2.67. The van der Waals surface area contributed by atoms with Gasteiger partial charge in [-0.2, -0.15) is 0 Å². The topological polar surface area (TPSA) is 84.9 Å². The number of rotatable bonds is 8. The molecular formula is C20H25ClN2O5S. The first-order valence-corrected chi connectivity index (χ1v) is 11.1. The van der Waals surface area contributed by atoms with Gasteiger partial charge in [-0.15, -0.1) is 0 Å². The lowest BCUT2D eigenvalue weighted by Gasteiger charge is -2.30. The van der Waals surface area contributed by atoms with E-state index in [0.29, 0.717) is 16.5 Å². The first-order valence-electron chi connectivity index (χ1n) is 8.85. The van der Waals surface area contributed by atoms with Crippen LogP contribution in [0.25, 0.3) is 0 Å². The SMILES string of the molecule is COc1ccc([C@H](C)NC(=O)[C@H](C)N(c2cc(Cl)ccc2OC)S(C)(=O)=O)cc1. The van der Waals surface area contributed by atoms with E-state index in [1.54, 1.807) is 31.4 Å². The van der Waals surface area contributed by atoms with Gasteiger partial charge in [0.2, 0.25) is 15.9 Å². The van der Waals surface area contributed by atoms with Crippen LogP contribution >= 0.6 is 11.6 Å². The van der Waals surface area contributed by atoms with Crippen LogP contribution in [0.1, 0.15) is 25.5 Å². The van der Waals surface area contributed by atoms with Gasteiger partial charge in [-0.25, -0.2) is 8.42 Å². The number of ether oxygens (including phenoxy) is 2. The molecule has 7 nitrogen and oxygen atoms in total. The molecule has 0 heterocycles. The number of nitrogens with one attached hydrogen (secondary N) is 1. The fourth-order valence-electron chi connectivity index (χ4n) is 2.93. The summed E-state index contributed by atoms with van der Waals surface area (Å²) in [7, 11) is -0.808. The molecule has 0 bridgehead atoms. The number of benzene rings is 2. The minimum atomic E-state index is -3.80. The Labute approximate surface area is 176 Å². The van der Waals surface area contributed by atoms with Gasteiger partial charge in [-0.3, -0.25) is 9.10 Å². The smallest absolute Gasteiger partial charge is 0.244 e. The van der Waals surface area contributed by atoms with Crippen molar-refractivity contribution in [1.29, 1.82) is 0 Å². The summed E-state index contributed by atoms with van der Waals surface area (Å²) in [5.41, 5.74) is 1.06. The van der Waals surface area contributed by atoms with Crippen LogP contribution in [-0.2, 0) is 14.8 Å². The van der Waals surface area contributed by atoms with Crippen molar-refractivity contribution in [3.63, 3.8) is 0 Å². The number of hydrogen-bond donors (Lipinski definition) is 1. The summed E-state index contributed by atoms with van der Waals surface area (Å²) in [4.78, 5) is 12.9. The van der Waals surface area contributed by atoms with E-state index in [0.717, 1.165) is 16.1 Å². The van der Waals surface area contributed by atoms with Crippen molar-refractivity contribution in [1.82, 2.24) is 5.32 Å². The highest BCUT2D eigenvalue weighted by molar-refractivity contribution is 7.92. The lowest BCUT2D eigenvalue weighted by atomic mass is 10.1. The molecule has 2 aromatic rings. The third-order valence-corrected chi connectivity index (χ3v) is 5.90. The molecule has 0 unspecified atom stereocenters. The maximum Gasteiger partial charge on any atom is 0.244 e. The molecule has 2 rings (SSSR count). The number of anilines is 1. The minimum absolute atomic E-state index is 0.197. The quantitative estimate of drug-likeness (QED) is 0.680. The zero-order valence-electron chi connectivity index (χ0n) is 17.0. The van der Waals surface area contributed by atoms with Gasteiger partial charge in [-0.05, 0) is 49.7 Å². The highest BCUT2D eigenvalue weighted by atomic mass is 35.5. The largest absolute Gasteiger partial charge is 0.497 e. The van der Waals surface area contributed by atoms with Crippen molar-refractivity contribution in [2.75, 3.05) is 24.8 Å². The second-order valence-electron chi connectivity index (χ2n) is 6.55. The van der Waals surface area contributed by atoms with Crippen molar-refractivity contribution in [2.45, 2.75) is 25.9 Å². The Morgan fingerprint density at radius 2 is 1.69 bits per heavy atom. The summed E-state index contributed by atoms with van der Waals surface area (Å²) in [5, 5.41) is 3.18. The highest BCUT2D eigenvalue weighted by Gasteiger charge is 2.32. The molecule has 0 radical (unpaired) electrons. The summed E-state index contributed by atoms with van der Waals surface area (Å²) >= 11 is 6.05. The van der Waals surface area contributed by atoms with Gasteiger partial charge < -0.3 is 14.8 Å². The number of hydrogen-bond acceptors (Lipinski definition) is 5. The van der Waals surface area contributed by atoms with Crippen molar-refractivity contribution in [3.05, 3.63) is 53.1 Å². The van der Waals surface area contributed by atoms with E-state index in [9.17, 15) is 13.2 Å². The van der Waals surface area contributed by atoms with Crippen LogP contribution in [-0.4, -0.2) is 40.8 Å². The Morgan fingerprint density at radius 3 is 2.21 bits per heavy atom. The summed E-state index contributed by atoms with van der Waals surface area (Å²) in [5.74, 6) is 0.542. The van der Waals surface area contributed by atoms with Crippen LogP contribution in [0, 0.1) is 0 Å². The molecule has 1 N–H and O–H groups in total. The molecule has 29 heavy (non-hydrogen) atoms. The van der Waals surface area contributed by atoms with E-state index in [1.807, 2.05) is 19.1 Å². The number of nitrogens with zero attached hydrogens (tertiary/aromatic N) is 1. The summed E-state index contributed by atoms with van der Waals surface area (Å²) in [6, 6.07) is 10.5. The molecule has 2 aromatic carbocycles. The molecule has 9 heteroatoms. The number of halogens is 1. The zero-order chi connectivity index (χ0) is 21.8. The molecule has 0 aromatic heterocycles. The third kappa shape index (κ3) is 5.55. The number of carbonyl (C=O) groups excluding carboxylic acids is 1. The van der Waals surface area contributed by atoms with Crippen molar-refractivity contribution in [3.8, 4) is 11.5 Å². The molecule has 2 atom stereocenters. The Kier molecular flexibility index (Phi) is 7.37. The second-order valence-corrected chi connectivity index (χ2v) is 8.85. The molecule has 1 amide bonds. The molecule has 0 saturated carbocycles. The Hall–Kier alpha value is -2.45. The molecule has 0 spiro atoms. The summed E-state index contributed by atoms with van der Waals surface area (Å²) in [6.45, 7) is 3.33. The Morgan fingerprint density at radius 1 is 1.07 bits per heavy atom. The molecule has 0 saturated heterocycles. The maximum atomic E-state index is 12.9. The van der Waals surface area contributed by atoms with Gasteiger partial charge in [0, 0.05) is 5.02 Å². The van der Waals surface area contributed by atoms with Crippen molar-refractivity contribution < 1.29 is 22.7 Å². The minimum Gasteiger partial charge on any atom is -0.497 e. The summed E-state index contributed by atoms with van der Waals surface area (Å²) in [6.07, 6.45) is 1.03. The lowest BCUT2D eigenvalue weighted by Crippen LogP contribution is -2.48. The molecule has 158 valence electrons. The van der Waals surface area contributed by atoms with E-state index in [2.05, 4.69) is 5.32 Å². The van der Waals surface area contributed by atoms with E-state index < -0.39 is 22.0 Å². The summed E-state index contributed by atoms with van der Waals surface area (Å²) < 4.78 is 36.4. The predicted molar refractivity (Wildman–Crippen MR) is 114 cm³/mol. The molecule has 0 fully saturated rings. The Balaban J connectivity index is 2.30. The van der Waals surface area contributed by atoms with E-state index >= 15 is 0 Å². The van der Waals surface area contributed by atoms with Gasteiger partial charge in [0.25, 0.3) is 0 Å². The van der Waals surface area contributed by atoms with Crippen LogP contribution in [0.15, 0.2) is 42.5 Å². The normalized spacial score (nSPS) is 13.3. The highest BCUT2D eigenvalue weighted by Crippen LogP contribution is 2.34. The Bertz CT molecular complexity index is 963. The second kappa shape index (κ2) is 9.37. The number of methoxy groups -OCH3 is 2. The van der Waals surface area contributed by atoms with Crippen LogP contribution in [0.2, 0.25) is 5.02 Å². The van der Waals surface area contributed by atoms with Crippen LogP contribution in [0.5, 0.6) is 11.5 Å². The lowest BCUT2D eigenvalue weighted by molar-refractivity contribution is -0.122. The fourth-order valence-corrected chi connectivity index (χ4v) is 4.26. The molecule has 0 aliphatic heterocycles. The number of amides is 1. The zero-order valence-corrected chi connectivity index (χ0v) is 18.5. The van der Waals surface area contributed by atoms with Crippen LogP contribution in [0.4, 0.5) is 5.69 Å². The van der Waals surface area contributed by atoms with E-state index in [1.165, 1.54) is 20.1 Å². The van der Waals surface area contributed by atoms with E-state index in [-0.39, 0.29) is 11.7 Å². The van der Waals surface area contributed by atoms with Gasteiger partial charge in [0.15, 0.2) is 0 Å². The predicted octanol–water partition coefficient (Wildman–Crippen LogP) is 3.39. The molecule has 0 aliphatic rings. The monoisotopic (exact) mass is 440 g/mol. The van der Waals surface area contributed by atoms with Gasteiger partial charge in [0.05, 0.1) is 32.2 Å². The van der Waals surface area contributed by atoms with Crippen molar-refractivity contribution >= 4 is 33.2 Å². The van der Waals surface area contributed by atoms with E-state index in [4.69, 9.17) is 21.1 Å². The van der Waals surface area contributed by atoms with Crippen LogP contribution in [0.3, 0.4) is 0 Å². The van der Waals surface area contributed by atoms with Gasteiger partial charge >= 0.3 is 0 Å². The maximum absolute atomic E-state index is 12.9. The first kappa shape index (κ1) is 22.8. The first-order chi connectivity index (χ1) is 13.6. The van der Waals surface area contributed by atoms with Gasteiger partial charge in [-0.1, -0.05) is 23.7 Å². The van der Waals surface area contributed by atoms with Gasteiger partial charge in [0.1, 0.15) is 17.5 Å². The standard InChI is InChI=1S/C20H25ClN2O5S/c1-13(15-6-9-17(27-3)10-7-15)22-20(24)14(2)23(29(5,25)26)18-12-16(21)8-11-19(18)28-4/h6-14H,1-5H3,(H,22,24)/t13-,14-/m0/s1. The molecular weight excluding hydrogens is 416 g/mol. The number of sulfonamides is 1. The fraction of sp³-hybridized carbons (Fsp3) is 0.350. The third-order valence-electron chi connectivity index (χ3n) is 4.44. The molecule has 0 aliphatic carbocycles. The average molecular weight is 441 g/mol.